The minimum absolute atomic E-state index is 0.205. The molecule has 0 unspecified atom stereocenters. The maximum atomic E-state index is 12.1. The fraction of sp³-hybridized carbons (Fsp3) is 0.143. The van der Waals surface area contributed by atoms with Crippen LogP contribution in [0.5, 0.6) is 0 Å². The number of benzene rings is 2. The van der Waals surface area contributed by atoms with E-state index in [9.17, 15) is 9.59 Å². The number of hydrazine groups is 2. The van der Waals surface area contributed by atoms with E-state index >= 15 is 0 Å². The second-order valence-corrected chi connectivity index (χ2v) is 9.57. The zero-order valence-electron chi connectivity index (χ0n) is 11.8. The molecule has 0 saturated carbocycles. The molecule has 0 spiro atoms. The van der Waals surface area contributed by atoms with Crippen molar-refractivity contribution in [1.82, 2.24) is 10.9 Å². The third-order valence-corrected chi connectivity index (χ3v) is 6.01. The van der Waals surface area contributed by atoms with Crippen molar-refractivity contribution in [2.75, 3.05) is 0 Å². The van der Waals surface area contributed by atoms with Crippen LogP contribution in [0.3, 0.4) is 0 Å². The van der Waals surface area contributed by atoms with Gasteiger partial charge in [-0.1, -0.05) is 0 Å². The summed E-state index contributed by atoms with van der Waals surface area (Å²) in [6, 6.07) is 9.35. The Morgan fingerprint density at radius 1 is 1.00 bits per heavy atom. The molecule has 2 amide bonds. The predicted molar refractivity (Wildman–Crippen MR) is 84.4 cm³/mol. The molecule has 21 heavy (non-hydrogen) atoms. The Balaban J connectivity index is 2.81. The van der Waals surface area contributed by atoms with Crippen LogP contribution in [0.4, 0.5) is 0 Å². The molecule has 2 rings (SSSR count). The summed E-state index contributed by atoms with van der Waals surface area (Å²) in [6.07, 6.45) is 0. The summed E-state index contributed by atoms with van der Waals surface area (Å²) in [5.41, 5.74) is 9.00. The summed E-state index contributed by atoms with van der Waals surface area (Å²) < 4.78 is 1.21. The maximum absolute atomic E-state index is 12.1. The van der Waals surface area contributed by atoms with Gasteiger partial charge in [0.2, 0.25) is 0 Å². The second kappa shape index (κ2) is 6.26. The van der Waals surface area contributed by atoms with Gasteiger partial charge in [0.15, 0.2) is 0 Å². The number of carbonyl (C=O) groups excluding carboxylic acids is 2. The molecule has 0 aliphatic heterocycles. The van der Waals surface area contributed by atoms with Crippen molar-refractivity contribution in [2.24, 2.45) is 11.7 Å². The predicted octanol–water partition coefficient (Wildman–Crippen LogP) is 0.00820. The van der Waals surface area contributed by atoms with Crippen LogP contribution in [0.2, 0.25) is 11.4 Å². The van der Waals surface area contributed by atoms with Crippen molar-refractivity contribution in [3.8, 4) is 0 Å². The summed E-state index contributed by atoms with van der Waals surface area (Å²) in [5, 5.41) is 1.58. The molecule has 2 aromatic rings. The Morgan fingerprint density at radius 2 is 1.62 bits per heavy atom. The molecule has 0 radical (unpaired) electrons. The van der Waals surface area contributed by atoms with Crippen LogP contribution in [0.1, 0.15) is 20.7 Å². The van der Waals surface area contributed by atoms with Gasteiger partial charge in [0, 0.05) is 0 Å². The van der Waals surface area contributed by atoms with Crippen LogP contribution in [0.15, 0.2) is 30.3 Å². The number of hydrogen-bond acceptors (Lipinski definition) is 4. The molecule has 0 fully saturated rings. The summed E-state index contributed by atoms with van der Waals surface area (Å²) in [5.74, 6) is 9.40. The molecule has 0 atom stereocenters. The second-order valence-electron chi connectivity index (χ2n) is 4.73. The van der Waals surface area contributed by atoms with E-state index in [1.807, 2.05) is 12.1 Å². The van der Waals surface area contributed by atoms with E-state index in [0.29, 0.717) is 5.39 Å². The first-order valence-electron chi connectivity index (χ1n) is 6.25. The van der Waals surface area contributed by atoms with Crippen molar-refractivity contribution in [3.63, 3.8) is 0 Å². The molecule has 6 N–H and O–H groups in total. The molecular formula is C14H17AsN4O2. The molecular weight excluding hydrogens is 331 g/mol. The Hall–Kier alpha value is -1.88. The first-order chi connectivity index (χ1) is 9.99. The van der Waals surface area contributed by atoms with Crippen molar-refractivity contribution in [2.45, 2.75) is 11.4 Å². The number of fused-ring (bicyclic) bond motifs is 1. The van der Waals surface area contributed by atoms with Crippen molar-refractivity contribution in [1.29, 1.82) is 0 Å². The number of amides is 2. The number of carbonyl (C=O) groups is 2. The zero-order valence-corrected chi connectivity index (χ0v) is 13.7. The SMILES string of the molecule is C[As](C)c1ccc2ccc(C(=O)NN)c(C(=O)NN)c2c1. The van der Waals surface area contributed by atoms with Crippen LogP contribution in [-0.4, -0.2) is 26.5 Å². The molecule has 0 aliphatic carbocycles. The minimum atomic E-state index is -1.10. The summed E-state index contributed by atoms with van der Waals surface area (Å²) in [6.45, 7) is 0. The van der Waals surface area contributed by atoms with E-state index < -0.39 is 26.5 Å². The fourth-order valence-corrected chi connectivity index (χ4v) is 3.76. The standard InChI is InChI=1S/C14H17AsN4O2/c1-15(2)9-5-3-8-4-6-10(13(20)18-16)12(11(8)7-9)14(21)19-17/h3-7H,16-17H2,1-2H3,(H,18,20)(H,19,21). The van der Waals surface area contributed by atoms with Crippen LogP contribution < -0.4 is 26.9 Å². The molecule has 0 aliphatic rings. The average molecular weight is 348 g/mol. The molecule has 0 saturated heterocycles. The van der Waals surface area contributed by atoms with Gasteiger partial charge in [0.05, 0.1) is 0 Å². The van der Waals surface area contributed by atoms with E-state index in [1.54, 1.807) is 12.1 Å². The van der Waals surface area contributed by atoms with Gasteiger partial charge in [-0.3, -0.25) is 0 Å². The van der Waals surface area contributed by atoms with Gasteiger partial charge >= 0.3 is 127 Å². The molecule has 2 aromatic carbocycles. The number of nitrogens with two attached hydrogens (primary N) is 2. The molecule has 0 heterocycles. The van der Waals surface area contributed by atoms with Crippen LogP contribution in [0, 0.1) is 0 Å². The van der Waals surface area contributed by atoms with E-state index in [-0.39, 0.29) is 11.1 Å². The van der Waals surface area contributed by atoms with Crippen LogP contribution in [-0.2, 0) is 0 Å². The van der Waals surface area contributed by atoms with E-state index in [4.69, 9.17) is 11.7 Å². The molecule has 0 bridgehead atoms. The van der Waals surface area contributed by atoms with E-state index in [2.05, 4.69) is 28.3 Å². The molecule has 7 heteroatoms. The number of nitrogens with one attached hydrogen (secondary N) is 2. The van der Waals surface area contributed by atoms with Gasteiger partial charge in [0.25, 0.3) is 0 Å². The molecule has 6 nitrogen and oxygen atoms in total. The van der Waals surface area contributed by atoms with Gasteiger partial charge in [-0.2, -0.15) is 0 Å². The Kier molecular flexibility index (Phi) is 4.62. The molecule has 0 aromatic heterocycles. The number of rotatable bonds is 3. The van der Waals surface area contributed by atoms with Gasteiger partial charge < -0.3 is 0 Å². The van der Waals surface area contributed by atoms with Gasteiger partial charge in [-0.15, -0.1) is 0 Å². The van der Waals surface area contributed by atoms with E-state index in [1.165, 1.54) is 4.35 Å². The van der Waals surface area contributed by atoms with Crippen molar-refractivity contribution < 1.29 is 9.59 Å². The first-order valence-corrected chi connectivity index (χ1v) is 10.9. The monoisotopic (exact) mass is 348 g/mol. The summed E-state index contributed by atoms with van der Waals surface area (Å²) in [7, 11) is 0. The van der Waals surface area contributed by atoms with E-state index in [0.717, 1.165) is 5.39 Å². The number of nitrogen functional groups attached to an aromatic ring is 2. The Labute approximate surface area is 127 Å². The Bertz CT molecular complexity index is 715. The normalized spacial score (nSPS) is 10.7. The van der Waals surface area contributed by atoms with Crippen molar-refractivity contribution in [3.05, 3.63) is 41.5 Å². The van der Waals surface area contributed by atoms with Crippen LogP contribution >= 0.6 is 0 Å². The Morgan fingerprint density at radius 3 is 2.19 bits per heavy atom. The summed E-state index contributed by atoms with van der Waals surface area (Å²) in [4.78, 5) is 24.0. The third-order valence-electron chi connectivity index (χ3n) is 3.26. The first kappa shape index (κ1) is 15.5. The fourth-order valence-electron chi connectivity index (χ4n) is 2.17. The van der Waals surface area contributed by atoms with Gasteiger partial charge in [-0.25, -0.2) is 0 Å². The van der Waals surface area contributed by atoms with Crippen LogP contribution in [0.25, 0.3) is 10.8 Å². The topological polar surface area (TPSA) is 110 Å². The quantitative estimate of drug-likeness (QED) is 0.271. The van der Waals surface area contributed by atoms with Crippen molar-refractivity contribution >= 4 is 41.6 Å². The third kappa shape index (κ3) is 2.92. The van der Waals surface area contributed by atoms with Gasteiger partial charge in [-0.05, 0) is 0 Å². The number of hydrogen-bond donors (Lipinski definition) is 4. The average Bonchev–Trinajstić information content (AvgIpc) is 2.51. The van der Waals surface area contributed by atoms with Gasteiger partial charge in [0.1, 0.15) is 0 Å². The molecule has 110 valence electrons. The zero-order chi connectivity index (χ0) is 15.6. The summed E-state index contributed by atoms with van der Waals surface area (Å²) >= 11 is -1.10.